The predicted molar refractivity (Wildman–Crippen MR) is 130 cm³/mol. The van der Waals surface area contributed by atoms with Gasteiger partial charge >= 0.3 is 6.09 Å². The van der Waals surface area contributed by atoms with Gasteiger partial charge in [0.2, 0.25) is 0 Å². The summed E-state index contributed by atoms with van der Waals surface area (Å²) in [6, 6.07) is 7.49. The third-order valence-corrected chi connectivity index (χ3v) is 5.67. The molecule has 1 aromatic heterocycles. The average molecular weight is 450 g/mol. The minimum Gasteiger partial charge on any atom is -0.497 e. The Morgan fingerprint density at radius 1 is 1.18 bits per heavy atom. The maximum Gasteiger partial charge on any atom is 0.415 e. The number of carbonyl (C=O) groups is 1. The Morgan fingerprint density at radius 3 is 2.55 bits per heavy atom. The molecule has 1 N–H and O–H groups in total. The number of hydrogen-bond donors (Lipinski definition) is 1. The summed E-state index contributed by atoms with van der Waals surface area (Å²) in [5, 5.41) is 0. The first-order valence-corrected chi connectivity index (χ1v) is 11.0. The molecule has 0 spiro atoms. The molecule has 0 aliphatic carbocycles. The van der Waals surface area contributed by atoms with Gasteiger partial charge in [-0.15, -0.1) is 0 Å². The number of nitrogens with zero attached hydrogens (tertiary/aromatic N) is 2. The molecule has 0 radical (unpaired) electrons. The third kappa shape index (κ3) is 4.53. The van der Waals surface area contributed by atoms with Crippen molar-refractivity contribution in [1.29, 1.82) is 0 Å². The first-order valence-electron chi connectivity index (χ1n) is 11.0. The number of H-pyrrole nitrogens is 1. The molecule has 1 aromatic carbocycles. The van der Waals surface area contributed by atoms with Crippen LogP contribution in [0, 0.1) is 13.8 Å². The number of hydrogen-bond acceptors (Lipinski definition) is 5. The highest BCUT2D eigenvalue weighted by atomic mass is 16.6. The maximum atomic E-state index is 13.3. The predicted octanol–water partition coefficient (Wildman–Crippen LogP) is 5.33. The summed E-state index contributed by atoms with van der Waals surface area (Å²) in [6.45, 7) is 9.67. The van der Waals surface area contributed by atoms with E-state index in [9.17, 15) is 4.79 Å². The third-order valence-electron chi connectivity index (χ3n) is 5.67. The number of fused-ring (bicyclic) bond motifs is 1. The number of methoxy groups -OCH3 is 2. The monoisotopic (exact) mass is 449 g/mol. The molecule has 0 bridgehead atoms. The topological polar surface area (TPSA) is 76.2 Å². The summed E-state index contributed by atoms with van der Waals surface area (Å²) in [5.74, 6) is 1.41. The second-order valence-corrected chi connectivity index (χ2v) is 9.39. The van der Waals surface area contributed by atoms with Crippen molar-refractivity contribution in [1.82, 2.24) is 4.98 Å². The number of carbonyl (C=O) groups excluding carboxylic acids is 1. The number of benzene rings is 1. The van der Waals surface area contributed by atoms with Crippen LogP contribution in [0.1, 0.15) is 43.3 Å². The maximum absolute atomic E-state index is 13.3. The molecule has 1 unspecified atom stereocenters. The molecule has 3 heterocycles. The van der Waals surface area contributed by atoms with Gasteiger partial charge in [-0.1, -0.05) is 0 Å². The fourth-order valence-corrected chi connectivity index (χ4v) is 4.24. The molecule has 1 atom stereocenters. The molecular formula is C26H31N3O4. The SMILES string of the molecule is COC1=CC(C2Cc3cc(OC)ccc3N2C(=O)OC(C)(C)C)=N/C1=C\c1[nH]c(C)cc1C. The molecule has 2 aromatic rings. The van der Waals surface area contributed by atoms with Crippen LogP contribution in [0.25, 0.3) is 6.08 Å². The van der Waals surface area contributed by atoms with E-state index >= 15 is 0 Å². The summed E-state index contributed by atoms with van der Waals surface area (Å²) in [4.78, 5) is 23.2. The lowest BCUT2D eigenvalue weighted by Gasteiger charge is -2.28. The van der Waals surface area contributed by atoms with Crippen molar-refractivity contribution in [3.63, 3.8) is 0 Å². The van der Waals surface area contributed by atoms with Gasteiger partial charge in [0.25, 0.3) is 0 Å². The zero-order valence-corrected chi connectivity index (χ0v) is 20.3. The van der Waals surface area contributed by atoms with Gasteiger partial charge in [-0.3, -0.25) is 4.90 Å². The van der Waals surface area contributed by atoms with Gasteiger partial charge in [0, 0.05) is 23.9 Å². The standard InChI is InChI=1S/C26H31N3O4/c1-15-10-16(2)27-19(15)13-21-24(32-7)14-20(28-21)23-12-17-11-18(31-6)8-9-22(17)29(23)25(30)33-26(3,4)5/h8-11,13-14,23,27H,12H2,1-7H3/b21-13-. The van der Waals surface area contributed by atoms with Crippen molar-refractivity contribution < 1.29 is 19.0 Å². The van der Waals surface area contributed by atoms with Crippen LogP contribution >= 0.6 is 0 Å². The number of nitrogens with one attached hydrogen (secondary N) is 1. The van der Waals surface area contributed by atoms with E-state index in [0.717, 1.165) is 45.4 Å². The molecule has 4 rings (SSSR count). The zero-order chi connectivity index (χ0) is 23.9. The molecule has 7 nitrogen and oxygen atoms in total. The van der Waals surface area contributed by atoms with E-state index in [0.29, 0.717) is 12.2 Å². The number of aryl methyl sites for hydroxylation is 2. The minimum absolute atomic E-state index is 0.315. The largest absolute Gasteiger partial charge is 0.497 e. The second-order valence-electron chi connectivity index (χ2n) is 9.39. The van der Waals surface area contributed by atoms with E-state index < -0.39 is 11.7 Å². The summed E-state index contributed by atoms with van der Waals surface area (Å²) in [6.07, 6.45) is 4.08. The first kappa shape index (κ1) is 22.7. The quantitative estimate of drug-likeness (QED) is 0.684. The number of rotatable bonds is 4. The Balaban J connectivity index is 1.74. The van der Waals surface area contributed by atoms with E-state index in [4.69, 9.17) is 19.2 Å². The molecule has 0 fully saturated rings. The van der Waals surface area contributed by atoms with Crippen molar-refractivity contribution >= 4 is 23.6 Å². The van der Waals surface area contributed by atoms with Gasteiger partial charge in [-0.25, -0.2) is 9.79 Å². The molecule has 33 heavy (non-hydrogen) atoms. The molecular weight excluding hydrogens is 418 g/mol. The lowest BCUT2D eigenvalue weighted by Crippen LogP contribution is -2.44. The first-order chi connectivity index (χ1) is 15.6. The van der Waals surface area contributed by atoms with Crippen molar-refractivity contribution in [3.8, 4) is 5.75 Å². The van der Waals surface area contributed by atoms with Gasteiger partial charge in [0.1, 0.15) is 22.8 Å². The highest BCUT2D eigenvalue weighted by molar-refractivity contribution is 6.11. The number of aromatic nitrogens is 1. The fourth-order valence-electron chi connectivity index (χ4n) is 4.24. The average Bonchev–Trinajstić information content (AvgIpc) is 3.40. The molecule has 1 amide bonds. The van der Waals surface area contributed by atoms with Gasteiger partial charge in [0.15, 0.2) is 0 Å². The number of amides is 1. The molecule has 2 aliphatic rings. The van der Waals surface area contributed by atoms with Gasteiger partial charge in [-0.05, 0) is 76.1 Å². The van der Waals surface area contributed by atoms with Crippen LogP contribution in [-0.2, 0) is 15.9 Å². The lowest BCUT2D eigenvalue weighted by atomic mass is 10.1. The van der Waals surface area contributed by atoms with E-state index in [2.05, 4.69) is 18.0 Å². The Labute approximate surface area is 194 Å². The highest BCUT2D eigenvalue weighted by Gasteiger charge is 2.40. The van der Waals surface area contributed by atoms with E-state index in [1.165, 1.54) is 0 Å². The number of ether oxygens (including phenoxy) is 3. The van der Waals surface area contributed by atoms with Crippen LogP contribution in [0.3, 0.4) is 0 Å². The van der Waals surface area contributed by atoms with Gasteiger partial charge in [-0.2, -0.15) is 0 Å². The number of aromatic amines is 1. The molecule has 174 valence electrons. The minimum atomic E-state index is -0.615. The number of aliphatic imine (C=N–C) groups is 1. The Kier molecular flexibility index (Phi) is 5.82. The summed E-state index contributed by atoms with van der Waals surface area (Å²) < 4.78 is 16.8. The van der Waals surface area contributed by atoms with Gasteiger partial charge < -0.3 is 19.2 Å². The summed E-state index contributed by atoms with van der Waals surface area (Å²) in [5.41, 5.74) is 5.87. The Bertz CT molecular complexity index is 1180. The molecule has 0 saturated carbocycles. The van der Waals surface area contributed by atoms with Crippen LogP contribution in [-0.4, -0.2) is 42.7 Å². The lowest BCUT2D eigenvalue weighted by molar-refractivity contribution is 0.0578. The van der Waals surface area contributed by atoms with Gasteiger partial charge in [0.05, 0.1) is 31.7 Å². The van der Waals surface area contributed by atoms with Crippen molar-refractivity contribution in [2.45, 2.75) is 52.7 Å². The smallest absolute Gasteiger partial charge is 0.415 e. The normalized spacial score (nSPS) is 18.8. The Morgan fingerprint density at radius 2 is 1.94 bits per heavy atom. The molecule has 0 saturated heterocycles. The van der Waals surface area contributed by atoms with E-state index in [1.54, 1.807) is 19.1 Å². The molecule has 7 heteroatoms. The highest BCUT2D eigenvalue weighted by Crippen LogP contribution is 2.38. The van der Waals surface area contributed by atoms with Crippen molar-refractivity contribution in [2.75, 3.05) is 19.1 Å². The van der Waals surface area contributed by atoms with E-state index in [1.807, 2.05) is 58.0 Å². The van der Waals surface area contributed by atoms with Crippen molar-refractivity contribution in [2.24, 2.45) is 4.99 Å². The zero-order valence-electron chi connectivity index (χ0n) is 20.3. The van der Waals surface area contributed by atoms with Crippen molar-refractivity contribution in [3.05, 3.63) is 64.3 Å². The van der Waals surface area contributed by atoms with Crippen LogP contribution in [0.15, 0.2) is 46.8 Å². The summed E-state index contributed by atoms with van der Waals surface area (Å²) >= 11 is 0. The van der Waals surface area contributed by atoms with Crippen LogP contribution in [0.4, 0.5) is 10.5 Å². The van der Waals surface area contributed by atoms with Crippen LogP contribution in [0.5, 0.6) is 5.75 Å². The fraction of sp³-hybridized carbons (Fsp3) is 0.385. The second kappa shape index (κ2) is 8.46. The Hall–Kier alpha value is -3.48. The van der Waals surface area contributed by atoms with E-state index in [-0.39, 0.29) is 6.04 Å². The molecule has 2 aliphatic heterocycles. The van der Waals surface area contributed by atoms with Crippen LogP contribution in [0.2, 0.25) is 0 Å². The number of anilines is 1. The van der Waals surface area contributed by atoms with Crippen LogP contribution < -0.4 is 9.64 Å². The summed E-state index contributed by atoms with van der Waals surface area (Å²) in [7, 11) is 3.26.